The molecule has 0 radical (unpaired) electrons. The Morgan fingerprint density at radius 2 is 1.42 bits per heavy atom. The van der Waals surface area contributed by atoms with Crippen LogP contribution in [0.15, 0.2) is 82.5 Å². The summed E-state index contributed by atoms with van der Waals surface area (Å²) >= 11 is 0. The highest BCUT2D eigenvalue weighted by atomic mass is 15.2. The maximum atomic E-state index is 4.68. The zero-order valence-electron chi connectivity index (χ0n) is 13.9. The SMILES string of the molecule is C1=C2/C(c3ccccc3)=NN=C(c3ccccc3)[C@H]2CCCCC/1. The average Bonchev–Trinajstić information content (AvgIpc) is 2.63. The van der Waals surface area contributed by atoms with Gasteiger partial charge in [-0.2, -0.15) is 5.10 Å². The van der Waals surface area contributed by atoms with Gasteiger partial charge >= 0.3 is 0 Å². The number of hydrogen-bond acceptors (Lipinski definition) is 2. The van der Waals surface area contributed by atoms with E-state index in [-0.39, 0.29) is 0 Å². The predicted molar refractivity (Wildman–Crippen MR) is 101 cm³/mol. The first-order valence-corrected chi connectivity index (χ1v) is 8.90. The molecule has 2 aromatic carbocycles. The lowest BCUT2D eigenvalue weighted by Crippen LogP contribution is -2.27. The van der Waals surface area contributed by atoms with Crippen LogP contribution in [0.25, 0.3) is 0 Å². The molecule has 0 unspecified atom stereocenters. The number of benzene rings is 2. The van der Waals surface area contributed by atoms with Crippen molar-refractivity contribution in [2.75, 3.05) is 0 Å². The number of rotatable bonds is 2. The third kappa shape index (κ3) is 2.96. The number of nitrogens with zero attached hydrogens (tertiary/aromatic N) is 2. The van der Waals surface area contributed by atoms with Crippen molar-refractivity contribution in [1.82, 2.24) is 0 Å². The molecule has 2 aliphatic rings. The minimum Gasteiger partial charge on any atom is -0.154 e. The van der Waals surface area contributed by atoms with Crippen LogP contribution in [0.1, 0.15) is 43.2 Å². The van der Waals surface area contributed by atoms with Crippen LogP contribution < -0.4 is 0 Å². The molecule has 0 fully saturated rings. The number of fused-ring (bicyclic) bond motifs is 1. The van der Waals surface area contributed by atoms with Gasteiger partial charge in [-0.25, -0.2) is 0 Å². The lowest BCUT2D eigenvalue weighted by atomic mass is 9.79. The van der Waals surface area contributed by atoms with Gasteiger partial charge in [-0.15, -0.1) is 5.10 Å². The van der Waals surface area contributed by atoms with Gasteiger partial charge in [-0.1, -0.05) is 79.6 Å². The van der Waals surface area contributed by atoms with E-state index in [1.807, 2.05) is 0 Å². The fourth-order valence-corrected chi connectivity index (χ4v) is 3.69. The Morgan fingerprint density at radius 3 is 2.17 bits per heavy atom. The average molecular weight is 314 g/mol. The highest BCUT2D eigenvalue weighted by Crippen LogP contribution is 2.33. The molecule has 1 atom stereocenters. The standard InChI is InChI=1S/C22H22N2/c1-2-10-16-20-19(15-9-1)21(17-11-5-3-6-12-17)23-24-22(20)18-13-7-4-8-14-18/h3-8,11-15,20H,1-2,9-10,16H2/b19-15+/t20-/m0/s1. The molecule has 0 bridgehead atoms. The van der Waals surface area contributed by atoms with Gasteiger partial charge < -0.3 is 0 Å². The first-order chi connectivity index (χ1) is 11.9. The summed E-state index contributed by atoms with van der Waals surface area (Å²) in [6.45, 7) is 0. The molecule has 2 nitrogen and oxygen atoms in total. The van der Waals surface area contributed by atoms with E-state index in [4.69, 9.17) is 0 Å². The van der Waals surface area contributed by atoms with Crippen LogP contribution in [-0.2, 0) is 0 Å². The summed E-state index contributed by atoms with van der Waals surface area (Å²) in [4.78, 5) is 0. The molecule has 120 valence electrons. The van der Waals surface area contributed by atoms with Crippen molar-refractivity contribution in [2.24, 2.45) is 16.1 Å². The van der Waals surface area contributed by atoms with Crippen molar-refractivity contribution in [3.63, 3.8) is 0 Å². The number of hydrogen-bond donors (Lipinski definition) is 0. The fourth-order valence-electron chi connectivity index (χ4n) is 3.69. The summed E-state index contributed by atoms with van der Waals surface area (Å²) in [5.41, 5.74) is 5.93. The normalized spacial score (nSPS) is 23.0. The number of allylic oxidation sites excluding steroid dienone is 2. The topological polar surface area (TPSA) is 24.7 Å². The minimum atomic E-state index is 0.361. The van der Waals surface area contributed by atoms with E-state index in [2.05, 4.69) is 76.9 Å². The first kappa shape index (κ1) is 15.1. The van der Waals surface area contributed by atoms with Gasteiger partial charge in [0.25, 0.3) is 0 Å². The Balaban J connectivity index is 1.83. The van der Waals surface area contributed by atoms with Crippen LogP contribution in [-0.4, -0.2) is 11.4 Å². The highest BCUT2D eigenvalue weighted by molar-refractivity contribution is 6.20. The molecule has 1 aliphatic carbocycles. The molecular weight excluding hydrogens is 292 g/mol. The Morgan fingerprint density at radius 1 is 0.708 bits per heavy atom. The first-order valence-electron chi connectivity index (χ1n) is 8.90. The quantitative estimate of drug-likeness (QED) is 0.709. The van der Waals surface area contributed by atoms with E-state index in [1.54, 1.807) is 0 Å². The van der Waals surface area contributed by atoms with Crippen molar-refractivity contribution < 1.29 is 0 Å². The summed E-state index contributed by atoms with van der Waals surface area (Å²) < 4.78 is 0. The van der Waals surface area contributed by atoms with E-state index < -0.39 is 0 Å². The second-order valence-electron chi connectivity index (χ2n) is 6.52. The predicted octanol–water partition coefficient (Wildman–Crippen LogP) is 5.40. The zero-order chi connectivity index (χ0) is 16.2. The lowest BCUT2D eigenvalue weighted by molar-refractivity contribution is 0.586. The molecule has 0 aromatic heterocycles. The second-order valence-corrected chi connectivity index (χ2v) is 6.52. The van der Waals surface area contributed by atoms with E-state index in [1.165, 1.54) is 36.0 Å². The molecule has 0 amide bonds. The minimum absolute atomic E-state index is 0.361. The van der Waals surface area contributed by atoms with Gasteiger partial charge in [0.15, 0.2) is 0 Å². The third-order valence-electron chi connectivity index (χ3n) is 4.91. The van der Waals surface area contributed by atoms with Crippen molar-refractivity contribution in [3.05, 3.63) is 83.4 Å². The second kappa shape index (κ2) is 6.96. The van der Waals surface area contributed by atoms with Gasteiger partial charge in [0.05, 0.1) is 11.4 Å². The fraction of sp³-hybridized carbons (Fsp3) is 0.273. The van der Waals surface area contributed by atoms with Crippen LogP contribution in [0.3, 0.4) is 0 Å². The molecule has 24 heavy (non-hydrogen) atoms. The van der Waals surface area contributed by atoms with Gasteiger partial charge in [0.1, 0.15) is 0 Å². The molecule has 0 saturated heterocycles. The molecule has 2 heteroatoms. The molecule has 0 spiro atoms. The van der Waals surface area contributed by atoms with E-state index in [9.17, 15) is 0 Å². The molecule has 1 heterocycles. The zero-order valence-corrected chi connectivity index (χ0v) is 13.9. The summed E-state index contributed by atoms with van der Waals surface area (Å²) in [5.74, 6) is 0.361. The van der Waals surface area contributed by atoms with Gasteiger partial charge in [-0.3, -0.25) is 0 Å². The van der Waals surface area contributed by atoms with E-state index >= 15 is 0 Å². The Kier molecular flexibility index (Phi) is 4.37. The Bertz CT molecular complexity index is 785. The Labute approximate surface area is 143 Å². The smallest absolute Gasteiger partial charge is 0.0964 e. The molecule has 2 aromatic rings. The largest absolute Gasteiger partial charge is 0.154 e. The molecular formula is C22H22N2. The maximum absolute atomic E-state index is 4.68. The van der Waals surface area contributed by atoms with Crippen LogP contribution in [0.4, 0.5) is 0 Å². The lowest BCUT2D eigenvalue weighted by Gasteiger charge is -2.28. The van der Waals surface area contributed by atoms with Gasteiger partial charge in [0, 0.05) is 11.5 Å². The van der Waals surface area contributed by atoms with Gasteiger partial charge in [-0.05, 0) is 30.4 Å². The van der Waals surface area contributed by atoms with E-state index in [0.717, 1.165) is 24.3 Å². The van der Waals surface area contributed by atoms with Gasteiger partial charge in [0.2, 0.25) is 0 Å². The maximum Gasteiger partial charge on any atom is 0.0964 e. The Hall–Kier alpha value is -2.48. The summed E-state index contributed by atoms with van der Waals surface area (Å²) in [5, 5.41) is 9.33. The van der Waals surface area contributed by atoms with Crippen molar-refractivity contribution >= 4 is 11.4 Å². The molecule has 1 aliphatic heterocycles. The van der Waals surface area contributed by atoms with Crippen molar-refractivity contribution in [2.45, 2.75) is 32.1 Å². The molecule has 0 saturated carbocycles. The summed E-state index contributed by atoms with van der Waals surface area (Å²) in [6.07, 6.45) is 8.55. The van der Waals surface area contributed by atoms with Crippen LogP contribution >= 0.6 is 0 Å². The third-order valence-corrected chi connectivity index (χ3v) is 4.91. The van der Waals surface area contributed by atoms with Crippen LogP contribution in [0.5, 0.6) is 0 Å². The van der Waals surface area contributed by atoms with Crippen molar-refractivity contribution in [1.29, 1.82) is 0 Å². The molecule has 0 N–H and O–H groups in total. The van der Waals surface area contributed by atoms with Crippen LogP contribution in [0.2, 0.25) is 0 Å². The summed E-state index contributed by atoms with van der Waals surface area (Å²) in [7, 11) is 0. The monoisotopic (exact) mass is 314 g/mol. The van der Waals surface area contributed by atoms with Crippen LogP contribution in [0, 0.1) is 5.92 Å². The van der Waals surface area contributed by atoms with E-state index in [0.29, 0.717) is 5.92 Å². The van der Waals surface area contributed by atoms with Crippen molar-refractivity contribution in [3.8, 4) is 0 Å². The summed E-state index contributed by atoms with van der Waals surface area (Å²) in [6, 6.07) is 21.0. The molecule has 4 rings (SSSR count). The highest BCUT2D eigenvalue weighted by Gasteiger charge is 2.29.